The predicted octanol–water partition coefficient (Wildman–Crippen LogP) is 1.56. The lowest BCUT2D eigenvalue weighted by molar-refractivity contribution is -0.122. The first kappa shape index (κ1) is 7.47. The maximum Gasteiger partial charge on any atom is 0.163 e. The fraction of sp³-hybridized carbons (Fsp3) is 0.400. The highest BCUT2D eigenvalue weighted by Gasteiger charge is 2.25. The van der Waals surface area contributed by atoms with Gasteiger partial charge in [-0.15, -0.1) is 0 Å². The molecule has 0 amide bonds. The van der Waals surface area contributed by atoms with Crippen molar-refractivity contribution in [3.63, 3.8) is 0 Å². The fourth-order valence-electron chi connectivity index (χ4n) is 1.73. The van der Waals surface area contributed by atoms with Gasteiger partial charge < -0.3 is 0 Å². The van der Waals surface area contributed by atoms with Gasteiger partial charge in [0.1, 0.15) is 0 Å². The summed E-state index contributed by atoms with van der Waals surface area (Å²) < 4.78 is 0. The first-order valence-electron chi connectivity index (χ1n) is 4.25. The van der Waals surface area contributed by atoms with Crippen LogP contribution in [0.3, 0.4) is 0 Å². The van der Waals surface area contributed by atoms with Crippen LogP contribution in [0.5, 0.6) is 0 Å². The van der Waals surface area contributed by atoms with E-state index in [1.807, 2.05) is 6.08 Å². The number of carbonyl (C=O) groups is 2. The smallest absolute Gasteiger partial charge is 0.163 e. The average Bonchev–Trinajstić information content (AvgIpc) is 2.12. The van der Waals surface area contributed by atoms with Crippen molar-refractivity contribution in [2.24, 2.45) is 0 Å². The van der Waals surface area contributed by atoms with Crippen LogP contribution < -0.4 is 0 Å². The van der Waals surface area contributed by atoms with E-state index in [2.05, 4.69) is 0 Å². The van der Waals surface area contributed by atoms with Crippen molar-refractivity contribution in [2.75, 3.05) is 0 Å². The molecule has 0 saturated heterocycles. The molecule has 2 aliphatic carbocycles. The number of Topliss-reactive ketones (excluding diaryl/α,β-unsaturated/α-hetero) is 2. The molecule has 12 heavy (non-hydrogen) atoms. The molecule has 0 atom stereocenters. The van der Waals surface area contributed by atoms with Crippen molar-refractivity contribution >= 4 is 11.6 Å². The number of ketones is 2. The maximum atomic E-state index is 11.3. The molecule has 2 nitrogen and oxygen atoms in total. The van der Waals surface area contributed by atoms with Crippen molar-refractivity contribution in [1.82, 2.24) is 0 Å². The monoisotopic (exact) mass is 162 g/mol. The number of rotatable bonds is 0. The van der Waals surface area contributed by atoms with Gasteiger partial charge >= 0.3 is 0 Å². The van der Waals surface area contributed by atoms with Crippen LogP contribution in [-0.2, 0) is 9.59 Å². The van der Waals surface area contributed by atoms with Crippen LogP contribution in [0.2, 0.25) is 0 Å². The summed E-state index contributed by atoms with van der Waals surface area (Å²) in [4.78, 5) is 22.6. The van der Waals surface area contributed by atoms with Crippen molar-refractivity contribution in [1.29, 1.82) is 0 Å². The van der Waals surface area contributed by atoms with Gasteiger partial charge in [0.05, 0.1) is 0 Å². The second kappa shape index (κ2) is 2.70. The zero-order valence-electron chi connectivity index (χ0n) is 6.80. The molecule has 0 spiro atoms. The molecule has 0 unspecified atom stereocenters. The van der Waals surface area contributed by atoms with Crippen LogP contribution in [-0.4, -0.2) is 11.6 Å². The second-order valence-electron chi connectivity index (χ2n) is 3.18. The van der Waals surface area contributed by atoms with Crippen LogP contribution in [0, 0.1) is 0 Å². The normalized spacial score (nSPS) is 23.0. The lowest BCUT2D eigenvalue weighted by Crippen LogP contribution is -2.19. The van der Waals surface area contributed by atoms with E-state index in [-0.39, 0.29) is 11.6 Å². The summed E-state index contributed by atoms with van der Waals surface area (Å²) in [5.41, 5.74) is 1.45. The molecule has 0 aliphatic heterocycles. The van der Waals surface area contributed by atoms with E-state index >= 15 is 0 Å². The Morgan fingerprint density at radius 3 is 2.50 bits per heavy atom. The minimum atomic E-state index is 0.139. The molecule has 0 bridgehead atoms. The minimum absolute atomic E-state index is 0.139. The molecule has 0 fully saturated rings. The van der Waals surface area contributed by atoms with Crippen LogP contribution in [0.15, 0.2) is 23.3 Å². The van der Waals surface area contributed by atoms with Crippen LogP contribution in [0.4, 0.5) is 0 Å². The zero-order valence-corrected chi connectivity index (χ0v) is 6.80. The molecule has 2 heteroatoms. The number of hydrogen-bond donors (Lipinski definition) is 0. The molecule has 0 heterocycles. The quantitative estimate of drug-likeness (QED) is 0.541. The fourth-order valence-corrected chi connectivity index (χ4v) is 1.73. The van der Waals surface area contributed by atoms with Gasteiger partial charge in [-0.1, -0.05) is 12.2 Å². The van der Waals surface area contributed by atoms with Gasteiger partial charge in [-0.3, -0.25) is 9.59 Å². The molecular formula is C10H10O2. The van der Waals surface area contributed by atoms with E-state index < -0.39 is 0 Å². The van der Waals surface area contributed by atoms with Crippen molar-refractivity contribution in [2.45, 2.75) is 25.7 Å². The van der Waals surface area contributed by atoms with E-state index in [0.717, 1.165) is 18.4 Å². The van der Waals surface area contributed by atoms with Gasteiger partial charge in [0.15, 0.2) is 11.6 Å². The Hall–Kier alpha value is -1.18. The Morgan fingerprint density at radius 1 is 1.00 bits per heavy atom. The summed E-state index contributed by atoms with van der Waals surface area (Å²) in [6.45, 7) is 0. The van der Waals surface area contributed by atoms with Crippen molar-refractivity contribution < 1.29 is 9.59 Å². The molecule has 62 valence electrons. The van der Waals surface area contributed by atoms with E-state index in [1.165, 1.54) is 0 Å². The van der Waals surface area contributed by atoms with E-state index in [0.29, 0.717) is 18.4 Å². The first-order chi connectivity index (χ1) is 5.79. The van der Waals surface area contributed by atoms with E-state index in [4.69, 9.17) is 0 Å². The largest absolute Gasteiger partial charge is 0.295 e. The van der Waals surface area contributed by atoms with Gasteiger partial charge in [-0.2, -0.15) is 0 Å². The van der Waals surface area contributed by atoms with E-state index in [1.54, 1.807) is 6.08 Å². The lowest BCUT2D eigenvalue weighted by Gasteiger charge is -2.18. The molecule has 0 aromatic carbocycles. The highest BCUT2D eigenvalue weighted by molar-refractivity contribution is 6.13. The first-order valence-corrected chi connectivity index (χ1v) is 4.25. The Labute approximate surface area is 71.0 Å². The summed E-state index contributed by atoms with van der Waals surface area (Å²) in [5, 5.41) is 0. The molecule has 0 radical (unpaired) electrons. The molecule has 0 N–H and O–H groups in total. The number of carbonyl (C=O) groups excluding carboxylic acids is 2. The average molecular weight is 162 g/mol. The molecule has 2 aliphatic rings. The second-order valence-corrected chi connectivity index (χ2v) is 3.18. The summed E-state index contributed by atoms with van der Waals surface area (Å²) in [7, 11) is 0. The highest BCUT2D eigenvalue weighted by atomic mass is 16.1. The lowest BCUT2D eigenvalue weighted by atomic mass is 9.84. The Morgan fingerprint density at radius 2 is 1.75 bits per heavy atom. The predicted molar refractivity (Wildman–Crippen MR) is 44.6 cm³/mol. The highest BCUT2D eigenvalue weighted by Crippen LogP contribution is 2.27. The third-order valence-electron chi connectivity index (χ3n) is 2.39. The molecule has 0 aromatic heterocycles. The van der Waals surface area contributed by atoms with Gasteiger partial charge in [0.25, 0.3) is 0 Å². The molecule has 0 saturated carbocycles. The summed E-state index contributed by atoms with van der Waals surface area (Å²) in [6.07, 6.45) is 6.26. The van der Waals surface area contributed by atoms with Gasteiger partial charge in [-0.25, -0.2) is 0 Å². The van der Waals surface area contributed by atoms with Gasteiger partial charge in [-0.05, 0) is 12.8 Å². The number of hydrogen-bond acceptors (Lipinski definition) is 2. The van der Waals surface area contributed by atoms with Crippen molar-refractivity contribution in [3.05, 3.63) is 23.3 Å². The van der Waals surface area contributed by atoms with E-state index in [9.17, 15) is 9.59 Å². The third kappa shape index (κ3) is 1.04. The van der Waals surface area contributed by atoms with Crippen LogP contribution in [0.25, 0.3) is 0 Å². The van der Waals surface area contributed by atoms with Gasteiger partial charge in [0.2, 0.25) is 0 Å². The summed E-state index contributed by atoms with van der Waals surface area (Å²) in [6, 6.07) is 0. The van der Waals surface area contributed by atoms with Crippen LogP contribution in [0.1, 0.15) is 25.7 Å². The third-order valence-corrected chi connectivity index (χ3v) is 2.39. The summed E-state index contributed by atoms with van der Waals surface area (Å²) >= 11 is 0. The summed E-state index contributed by atoms with van der Waals surface area (Å²) in [5.74, 6) is 0.314. The molecule has 0 aromatic rings. The van der Waals surface area contributed by atoms with Gasteiger partial charge in [0, 0.05) is 24.0 Å². The van der Waals surface area contributed by atoms with Crippen LogP contribution >= 0.6 is 0 Å². The Bertz CT molecular complexity index is 308. The SMILES string of the molecule is O=C1CCC(=O)C2=C1C=CCC2. The minimum Gasteiger partial charge on any atom is -0.295 e. The maximum absolute atomic E-state index is 11.3. The number of allylic oxidation sites excluding steroid dienone is 4. The molecule has 2 rings (SSSR count). The standard InChI is InChI=1S/C10H10O2/c11-9-5-6-10(12)8-4-2-1-3-7(8)9/h1,3H,2,4-6H2. The Kier molecular flexibility index (Phi) is 1.68. The zero-order chi connectivity index (χ0) is 8.55. The molecular weight excluding hydrogens is 152 g/mol. The topological polar surface area (TPSA) is 34.1 Å². The van der Waals surface area contributed by atoms with Crippen molar-refractivity contribution in [3.8, 4) is 0 Å². The Balaban J connectivity index is 2.47.